The van der Waals surface area contributed by atoms with Crippen LogP contribution in [0.3, 0.4) is 0 Å². The fourth-order valence-electron chi connectivity index (χ4n) is 1.85. The molecular formula is C16H18N2OS. The number of rotatable bonds is 5. The zero-order chi connectivity index (χ0) is 14.4. The molecule has 0 spiro atoms. The molecule has 3 N–H and O–H groups in total. The van der Waals surface area contributed by atoms with Crippen molar-refractivity contribution in [2.24, 2.45) is 0 Å². The Morgan fingerprint density at radius 2 is 1.95 bits per heavy atom. The Morgan fingerprint density at radius 3 is 2.65 bits per heavy atom. The third-order valence-electron chi connectivity index (χ3n) is 2.87. The molecule has 0 aliphatic carbocycles. The number of benzene rings is 2. The van der Waals surface area contributed by atoms with E-state index < -0.39 is 0 Å². The summed E-state index contributed by atoms with van der Waals surface area (Å²) < 4.78 is 0. The summed E-state index contributed by atoms with van der Waals surface area (Å²) in [6.45, 7) is 1.93. The van der Waals surface area contributed by atoms with E-state index in [4.69, 9.17) is 5.73 Å². The second kappa shape index (κ2) is 7.01. The first-order valence-electron chi connectivity index (χ1n) is 6.43. The molecule has 104 valence electrons. The first-order chi connectivity index (χ1) is 9.65. The van der Waals surface area contributed by atoms with Crippen LogP contribution in [0.25, 0.3) is 0 Å². The first-order valence-corrected chi connectivity index (χ1v) is 7.58. The molecule has 3 nitrogen and oxygen atoms in total. The van der Waals surface area contributed by atoms with Crippen LogP contribution in [0.5, 0.6) is 0 Å². The van der Waals surface area contributed by atoms with E-state index in [9.17, 15) is 4.79 Å². The van der Waals surface area contributed by atoms with Crippen molar-refractivity contribution in [3.63, 3.8) is 0 Å². The molecule has 0 aliphatic heterocycles. The van der Waals surface area contributed by atoms with Crippen LogP contribution in [0.15, 0.2) is 48.5 Å². The van der Waals surface area contributed by atoms with Gasteiger partial charge < -0.3 is 11.1 Å². The third-order valence-corrected chi connectivity index (χ3v) is 3.87. The summed E-state index contributed by atoms with van der Waals surface area (Å²) >= 11 is 1.61. The van der Waals surface area contributed by atoms with Crippen LogP contribution in [0, 0.1) is 6.92 Å². The van der Waals surface area contributed by atoms with Gasteiger partial charge in [0.05, 0.1) is 5.75 Å². The van der Waals surface area contributed by atoms with Crippen LogP contribution in [-0.4, -0.2) is 11.7 Å². The van der Waals surface area contributed by atoms with Crippen molar-refractivity contribution in [1.82, 2.24) is 0 Å². The predicted octanol–water partition coefficient (Wildman–Crippen LogP) is 3.45. The zero-order valence-electron chi connectivity index (χ0n) is 11.4. The molecule has 0 bridgehead atoms. The lowest BCUT2D eigenvalue weighted by Gasteiger charge is -2.09. The monoisotopic (exact) mass is 286 g/mol. The molecule has 0 atom stereocenters. The van der Waals surface area contributed by atoms with Gasteiger partial charge in [-0.05, 0) is 36.2 Å². The van der Waals surface area contributed by atoms with Crippen molar-refractivity contribution in [3.05, 3.63) is 59.7 Å². The maximum absolute atomic E-state index is 11.9. The Bertz CT molecular complexity index is 584. The van der Waals surface area contributed by atoms with Crippen molar-refractivity contribution in [2.75, 3.05) is 16.8 Å². The zero-order valence-corrected chi connectivity index (χ0v) is 12.2. The Labute approximate surface area is 123 Å². The Morgan fingerprint density at radius 1 is 1.20 bits per heavy atom. The number of carbonyl (C=O) groups is 1. The summed E-state index contributed by atoms with van der Waals surface area (Å²) in [4.78, 5) is 11.9. The molecule has 0 saturated heterocycles. The molecule has 0 unspecified atom stereocenters. The second-order valence-electron chi connectivity index (χ2n) is 4.60. The van der Waals surface area contributed by atoms with Gasteiger partial charge in [-0.15, -0.1) is 11.8 Å². The smallest absolute Gasteiger partial charge is 0.234 e. The number of anilines is 2. The highest BCUT2D eigenvalue weighted by atomic mass is 32.2. The first kappa shape index (κ1) is 14.5. The summed E-state index contributed by atoms with van der Waals surface area (Å²) in [6.07, 6.45) is 0. The van der Waals surface area contributed by atoms with Gasteiger partial charge in [0, 0.05) is 17.1 Å². The van der Waals surface area contributed by atoms with Gasteiger partial charge >= 0.3 is 0 Å². The van der Waals surface area contributed by atoms with Crippen LogP contribution in [0.1, 0.15) is 11.1 Å². The average molecular weight is 286 g/mol. The Hall–Kier alpha value is -1.94. The highest BCUT2D eigenvalue weighted by Crippen LogP contribution is 2.18. The highest BCUT2D eigenvalue weighted by Gasteiger charge is 2.05. The van der Waals surface area contributed by atoms with E-state index in [1.54, 1.807) is 17.8 Å². The Kier molecular flexibility index (Phi) is 5.07. The van der Waals surface area contributed by atoms with E-state index in [1.807, 2.05) is 37.3 Å². The van der Waals surface area contributed by atoms with Crippen LogP contribution in [0.4, 0.5) is 11.4 Å². The lowest BCUT2D eigenvalue weighted by Crippen LogP contribution is -2.15. The molecule has 2 aromatic carbocycles. The second-order valence-corrected chi connectivity index (χ2v) is 5.59. The molecular weight excluding hydrogens is 268 g/mol. The van der Waals surface area contributed by atoms with Crippen molar-refractivity contribution in [2.45, 2.75) is 12.7 Å². The van der Waals surface area contributed by atoms with Gasteiger partial charge in [-0.1, -0.05) is 30.3 Å². The normalized spacial score (nSPS) is 10.2. The SMILES string of the molecule is Cc1cc(N)ccc1NC(=O)CSCc1ccccc1. The van der Waals surface area contributed by atoms with Crippen LogP contribution >= 0.6 is 11.8 Å². The minimum atomic E-state index is 0.0128. The topological polar surface area (TPSA) is 55.1 Å². The van der Waals surface area contributed by atoms with E-state index in [1.165, 1.54) is 5.56 Å². The number of nitrogens with one attached hydrogen (secondary N) is 1. The quantitative estimate of drug-likeness (QED) is 0.828. The largest absolute Gasteiger partial charge is 0.399 e. The maximum atomic E-state index is 11.9. The van der Waals surface area contributed by atoms with Crippen molar-refractivity contribution in [3.8, 4) is 0 Å². The lowest BCUT2D eigenvalue weighted by molar-refractivity contribution is -0.113. The predicted molar refractivity (Wildman–Crippen MR) is 86.8 cm³/mol. The van der Waals surface area contributed by atoms with E-state index in [0.717, 1.165) is 17.0 Å². The number of carbonyl (C=O) groups excluding carboxylic acids is 1. The standard InChI is InChI=1S/C16H18N2OS/c1-12-9-14(17)7-8-15(12)18-16(19)11-20-10-13-5-3-2-4-6-13/h2-9H,10-11,17H2,1H3,(H,18,19). The van der Waals surface area contributed by atoms with Crippen LogP contribution < -0.4 is 11.1 Å². The summed E-state index contributed by atoms with van der Waals surface area (Å²) in [7, 11) is 0. The van der Waals surface area contributed by atoms with Gasteiger partial charge in [0.2, 0.25) is 5.91 Å². The number of aryl methyl sites for hydroxylation is 1. The number of amides is 1. The molecule has 0 heterocycles. The van der Waals surface area contributed by atoms with Gasteiger partial charge in [0.15, 0.2) is 0 Å². The molecule has 0 saturated carbocycles. The lowest BCUT2D eigenvalue weighted by atomic mass is 10.2. The van der Waals surface area contributed by atoms with Gasteiger partial charge in [-0.25, -0.2) is 0 Å². The molecule has 2 aromatic rings. The number of thioether (sulfide) groups is 1. The number of nitrogen functional groups attached to an aromatic ring is 1. The van der Waals surface area contributed by atoms with Gasteiger partial charge in [-0.2, -0.15) is 0 Å². The minimum absolute atomic E-state index is 0.0128. The number of hydrogen-bond acceptors (Lipinski definition) is 3. The molecule has 0 aromatic heterocycles. The van der Waals surface area contributed by atoms with Gasteiger partial charge in [-0.3, -0.25) is 4.79 Å². The Balaban J connectivity index is 1.81. The molecule has 0 radical (unpaired) electrons. The molecule has 2 rings (SSSR count). The van der Waals surface area contributed by atoms with Crippen LogP contribution in [0.2, 0.25) is 0 Å². The number of nitrogens with two attached hydrogens (primary N) is 1. The van der Waals surface area contributed by atoms with Gasteiger partial charge in [0.1, 0.15) is 0 Å². The fourth-order valence-corrected chi connectivity index (χ4v) is 2.64. The van der Waals surface area contributed by atoms with E-state index in [2.05, 4.69) is 17.4 Å². The van der Waals surface area contributed by atoms with E-state index in [0.29, 0.717) is 11.4 Å². The molecule has 0 fully saturated rings. The van der Waals surface area contributed by atoms with Crippen molar-refractivity contribution >= 4 is 29.0 Å². The maximum Gasteiger partial charge on any atom is 0.234 e. The molecule has 20 heavy (non-hydrogen) atoms. The third kappa shape index (κ3) is 4.31. The molecule has 4 heteroatoms. The minimum Gasteiger partial charge on any atom is -0.399 e. The molecule has 0 aliphatic rings. The van der Waals surface area contributed by atoms with Crippen molar-refractivity contribution in [1.29, 1.82) is 0 Å². The van der Waals surface area contributed by atoms with E-state index in [-0.39, 0.29) is 5.91 Å². The fraction of sp³-hybridized carbons (Fsp3) is 0.188. The molecule has 1 amide bonds. The van der Waals surface area contributed by atoms with E-state index >= 15 is 0 Å². The van der Waals surface area contributed by atoms with Crippen LogP contribution in [-0.2, 0) is 10.5 Å². The average Bonchev–Trinajstić information content (AvgIpc) is 2.43. The summed E-state index contributed by atoms with van der Waals surface area (Å²) in [5.74, 6) is 1.30. The summed E-state index contributed by atoms with van der Waals surface area (Å²) in [5.41, 5.74) is 9.43. The summed E-state index contributed by atoms with van der Waals surface area (Å²) in [5, 5.41) is 2.91. The van der Waals surface area contributed by atoms with Crippen molar-refractivity contribution < 1.29 is 4.79 Å². The number of hydrogen-bond donors (Lipinski definition) is 2. The summed E-state index contributed by atoms with van der Waals surface area (Å²) in [6, 6.07) is 15.6. The highest BCUT2D eigenvalue weighted by molar-refractivity contribution is 7.99. The van der Waals surface area contributed by atoms with Gasteiger partial charge in [0.25, 0.3) is 0 Å².